The molecule has 154 valence electrons. The molecule has 1 aliphatic heterocycles. The minimum absolute atomic E-state index is 0.0286. The Balaban J connectivity index is 2.31. The second-order valence-electron chi connectivity index (χ2n) is 6.04. The predicted molar refractivity (Wildman–Crippen MR) is 103 cm³/mol. The van der Waals surface area contributed by atoms with Crippen LogP contribution >= 0.6 is 0 Å². The highest BCUT2D eigenvalue weighted by atomic mass is 16.5. The van der Waals surface area contributed by atoms with Crippen LogP contribution in [-0.4, -0.2) is 21.3 Å². The van der Waals surface area contributed by atoms with Gasteiger partial charge < -0.3 is 29.1 Å². The Kier molecular flexibility index (Phi) is 5.71. The van der Waals surface area contributed by atoms with Crippen LogP contribution in [0.4, 0.5) is 0 Å². The highest BCUT2D eigenvalue weighted by molar-refractivity contribution is 5.59. The molecule has 1 aromatic carbocycles. The molecular formula is C19H17N5O6. The number of benzene rings is 1. The Bertz CT molecular complexity index is 1150. The van der Waals surface area contributed by atoms with E-state index >= 15 is 0 Å². The molecule has 0 spiro atoms. The summed E-state index contributed by atoms with van der Waals surface area (Å²) in [6.45, 7) is -0.192. The lowest BCUT2D eigenvalue weighted by Crippen LogP contribution is -2.25. The van der Waals surface area contributed by atoms with Crippen LogP contribution < -0.4 is 30.1 Å². The van der Waals surface area contributed by atoms with Crippen molar-refractivity contribution < 1.29 is 23.4 Å². The first kappa shape index (κ1) is 20.4. The van der Waals surface area contributed by atoms with Gasteiger partial charge in [-0.2, -0.15) is 5.26 Å². The summed E-state index contributed by atoms with van der Waals surface area (Å²) in [7, 11) is 4.36. The number of azide groups is 1. The van der Waals surface area contributed by atoms with Crippen molar-refractivity contribution in [2.24, 2.45) is 10.8 Å². The lowest BCUT2D eigenvalue weighted by atomic mass is 9.87. The quantitative estimate of drug-likeness (QED) is 0.430. The number of rotatable bonds is 6. The van der Waals surface area contributed by atoms with E-state index < -0.39 is 11.3 Å². The molecule has 0 fully saturated rings. The first-order valence-corrected chi connectivity index (χ1v) is 8.54. The fourth-order valence-corrected chi connectivity index (χ4v) is 3.16. The number of nitrogens with zero attached hydrogens (tertiary/aromatic N) is 4. The highest BCUT2D eigenvalue weighted by Gasteiger charge is 2.36. The van der Waals surface area contributed by atoms with Gasteiger partial charge in [0.05, 0.1) is 33.8 Å². The van der Waals surface area contributed by atoms with Gasteiger partial charge in [-0.25, -0.2) is 0 Å². The van der Waals surface area contributed by atoms with Gasteiger partial charge in [-0.05, 0) is 23.2 Å². The van der Waals surface area contributed by atoms with E-state index in [1.807, 2.05) is 6.07 Å². The molecule has 0 radical (unpaired) electrons. The molecule has 1 unspecified atom stereocenters. The Morgan fingerprint density at radius 1 is 1.23 bits per heavy atom. The minimum Gasteiger partial charge on any atom is -0.493 e. The van der Waals surface area contributed by atoms with Crippen LogP contribution in [0.3, 0.4) is 0 Å². The third-order valence-electron chi connectivity index (χ3n) is 4.44. The van der Waals surface area contributed by atoms with Crippen molar-refractivity contribution in [3.63, 3.8) is 0 Å². The van der Waals surface area contributed by atoms with E-state index in [1.54, 1.807) is 12.1 Å². The second-order valence-corrected chi connectivity index (χ2v) is 6.04. The van der Waals surface area contributed by atoms with E-state index in [0.29, 0.717) is 22.8 Å². The van der Waals surface area contributed by atoms with E-state index in [9.17, 15) is 10.1 Å². The first-order chi connectivity index (χ1) is 14.5. The molecule has 0 saturated carbocycles. The molecule has 2 N–H and O–H groups in total. The number of fused-ring (bicyclic) bond motifs is 1. The zero-order valence-electron chi connectivity index (χ0n) is 16.3. The van der Waals surface area contributed by atoms with Crippen molar-refractivity contribution in [3.8, 4) is 29.1 Å². The number of ether oxygens (including phenoxy) is 4. The molecule has 1 aromatic heterocycles. The van der Waals surface area contributed by atoms with Gasteiger partial charge in [-0.3, -0.25) is 4.79 Å². The molecule has 11 nitrogen and oxygen atoms in total. The summed E-state index contributed by atoms with van der Waals surface area (Å²) >= 11 is 0. The number of nitrogens with two attached hydrogens (primary N) is 1. The zero-order chi connectivity index (χ0) is 21.8. The van der Waals surface area contributed by atoms with E-state index in [0.717, 1.165) is 6.07 Å². The minimum atomic E-state index is -0.897. The molecule has 0 bridgehead atoms. The van der Waals surface area contributed by atoms with Crippen molar-refractivity contribution in [2.45, 2.75) is 12.5 Å². The van der Waals surface area contributed by atoms with Crippen molar-refractivity contribution >= 4 is 0 Å². The Morgan fingerprint density at radius 3 is 2.43 bits per heavy atom. The zero-order valence-corrected chi connectivity index (χ0v) is 16.3. The van der Waals surface area contributed by atoms with Gasteiger partial charge in [0.15, 0.2) is 17.3 Å². The average Bonchev–Trinajstić information content (AvgIpc) is 2.76. The van der Waals surface area contributed by atoms with Crippen molar-refractivity contribution in [3.05, 3.63) is 67.4 Å². The fraction of sp³-hybridized carbons (Fsp3) is 0.263. The van der Waals surface area contributed by atoms with Crippen molar-refractivity contribution in [1.82, 2.24) is 0 Å². The molecule has 3 rings (SSSR count). The molecule has 0 saturated heterocycles. The number of allylic oxidation sites excluding steroid dienone is 1. The Hall–Kier alpha value is -4.29. The summed E-state index contributed by atoms with van der Waals surface area (Å²) in [5.74, 6) is -0.0994. The average molecular weight is 411 g/mol. The standard InChI is InChI=1S/C19H17N5O6/c1-26-13-4-9(5-14(27-2)17(13)28-3)15-11(7-20)19(21)30-16-12(25)6-10(8-23-24-22)29-18(15)16/h4-6,15H,8,21H2,1-3H3. The highest BCUT2D eigenvalue weighted by Crippen LogP contribution is 2.46. The van der Waals surface area contributed by atoms with E-state index in [-0.39, 0.29) is 35.3 Å². The Labute approximate surface area is 170 Å². The van der Waals surface area contributed by atoms with E-state index in [1.165, 1.54) is 21.3 Å². The molecule has 2 heterocycles. The second kappa shape index (κ2) is 8.38. The number of hydrogen-bond acceptors (Lipinski definition) is 9. The van der Waals surface area contributed by atoms with Crippen LogP contribution in [0.2, 0.25) is 0 Å². The normalized spacial score (nSPS) is 14.7. The van der Waals surface area contributed by atoms with Crippen LogP contribution in [-0.2, 0) is 6.54 Å². The first-order valence-electron chi connectivity index (χ1n) is 8.54. The summed E-state index contributed by atoms with van der Waals surface area (Å²) in [5.41, 5.74) is 14.5. The largest absolute Gasteiger partial charge is 0.493 e. The van der Waals surface area contributed by atoms with Crippen molar-refractivity contribution in [2.75, 3.05) is 21.3 Å². The molecule has 0 aliphatic carbocycles. The third kappa shape index (κ3) is 3.43. The lowest BCUT2D eigenvalue weighted by Gasteiger charge is -2.25. The maximum Gasteiger partial charge on any atom is 0.228 e. The summed E-state index contributed by atoms with van der Waals surface area (Å²) in [5, 5.41) is 13.1. The lowest BCUT2D eigenvalue weighted by molar-refractivity contribution is 0.320. The van der Waals surface area contributed by atoms with E-state index in [2.05, 4.69) is 10.0 Å². The van der Waals surface area contributed by atoms with Gasteiger partial charge in [0.1, 0.15) is 17.4 Å². The summed E-state index contributed by atoms with van der Waals surface area (Å²) in [6, 6.07) is 6.38. The van der Waals surface area contributed by atoms with Crippen LogP contribution in [0, 0.1) is 11.3 Å². The van der Waals surface area contributed by atoms with Crippen molar-refractivity contribution in [1.29, 1.82) is 5.26 Å². The summed E-state index contributed by atoms with van der Waals surface area (Å²) < 4.78 is 27.3. The van der Waals surface area contributed by atoms with E-state index in [4.69, 9.17) is 34.6 Å². The van der Waals surface area contributed by atoms with Crippen LogP contribution in [0.1, 0.15) is 23.0 Å². The molecule has 1 aliphatic rings. The number of methoxy groups -OCH3 is 3. The predicted octanol–water partition coefficient (Wildman–Crippen LogP) is 2.69. The smallest absolute Gasteiger partial charge is 0.228 e. The molecule has 30 heavy (non-hydrogen) atoms. The van der Waals surface area contributed by atoms with Crippen LogP contribution in [0.25, 0.3) is 10.4 Å². The molecule has 11 heteroatoms. The van der Waals surface area contributed by atoms with Gasteiger partial charge in [-0.1, -0.05) is 5.11 Å². The van der Waals surface area contributed by atoms with Gasteiger partial charge in [0.2, 0.25) is 22.8 Å². The van der Waals surface area contributed by atoms with Crippen LogP contribution in [0.5, 0.6) is 23.0 Å². The van der Waals surface area contributed by atoms with Gasteiger partial charge in [-0.15, -0.1) is 0 Å². The van der Waals surface area contributed by atoms with Gasteiger partial charge >= 0.3 is 0 Å². The molecular weight excluding hydrogens is 394 g/mol. The Morgan fingerprint density at radius 2 is 1.90 bits per heavy atom. The molecule has 0 amide bonds. The summed E-state index contributed by atoms with van der Waals surface area (Å²) in [6.07, 6.45) is 0. The topological polar surface area (TPSA) is 166 Å². The molecule has 1 atom stereocenters. The fourth-order valence-electron chi connectivity index (χ4n) is 3.16. The maximum absolute atomic E-state index is 12.6. The third-order valence-corrected chi connectivity index (χ3v) is 4.44. The maximum atomic E-state index is 12.6. The number of nitriles is 1. The van der Waals surface area contributed by atoms with Gasteiger partial charge in [0.25, 0.3) is 0 Å². The SMILES string of the molecule is COc1cc(C2C(C#N)=C(N)Oc3c2oc(CN=[N+]=[N-])cc3=O)cc(OC)c1OC. The van der Waals surface area contributed by atoms with Gasteiger partial charge in [0, 0.05) is 11.0 Å². The molecule has 2 aromatic rings. The van der Waals surface area contributed by atoms with Crippen LogP contribution in [0.15, 0.2) is 44.0 Å². The monoisotopic (exact) mass is 411 g/mol. The summed E-state index contributed by atoms with van der Waals surface area (Å²) in [4.78, 5) is 15.2. The number of hydrogen-bond donors (Lipinski definition) is 1.